The fourth-order valence-corrected chi connectivity index (χ4v) is 3.90. The first-order valence-electron chi connectivity index (χ1n) is 8.28. The van der Waals surface area contributed by atoms with E-state index in [1.165, 1.54) is 19.3 Å². The first-order valence-corrected chi connectivity index (χ1v) is 8.28. The van der Waals surface area contributed by atoms with Gasteiger partial charge in [0, 0.05) is 24.9 Å². The summed E-state index contributed by atoms with van der Waals surface area (Å²) in [5, 5.41) is 7.61. The van der Waals surface area contributed by atoms with Crippen molar-refractivity contribution in [1.29, 1.82) is 0 Å². The summed E-state index contributed by atoms with van der Waals surface area (Å²) >= 11 is 0. The predicted molar refractivity (Wildman–Crippen MR) is 88.8 cm³/mol. The van der Waals surface area contributed by atoms with E-state index in [0.717, 1.165) is 25.7 Å². The van der Waals surface area contributed by atoms with Crippen molar-refractivity contribution in [3.05, 3.63) is 18.5 Å². The van der Waals surface area contributed by atoms with Gasteiger partial charge in [0.1, 0.15) is 0 Å². The molecular weight excluding hydrogens is 300 g/mol. The van der Waals surface area contributed by atoms with Gasteiger partial charge in [-0.2, -0.15) is 5.10 Å². The lowest BCUT2D eigenvalue weighted by molar-refractivity contribution is -0.123. The average molecular weight is 327 g/mol. The van der Waals surface area contributed by atoms with Crippen LogP contribution in [-0.2, 0) is 4.79 Å². The lowest BCUT2D eigenvalue weighted by atomic mass is 9.90. The van der Waals surface area contributed by atoms with Gasteiger partial charge in [0.05, 0.1) is 12.1 Å². The summed E-state index contributed by atoms with van der Waals surface area (Å²) in [6, 6.07) is 2.67. The molecule has 0 aromatic carbocycles. The quantitative estimate of drug-likeness (QED) is 0.892. The van der Waals surface area contributed by atoms with Gasteiger partial charge in [0.25, 0.3) is 0 Å². The molecule has 124 valence electrons. The maximum Gasteiger partial charge on any atom is 0.220 e. The van der Waals surface area contributed by atoms with Crippen molar-refractivity contribution in [3.8, 4) is 0 Å². The van der Waals surface area contributed by atoms with Crippen molar-refractivity contribution in [3.63, 3.8) is 0 Å². The minimum atomic E-state index is 0. The molecule has 3 rings (SSSR count). The van der Waals surface area contributed by atoms with Crippen LogP contribution in [0.1, 0.15) is 57.4 Å². The highest BCUT2D eigenvalue weighted by molar-refractivity contribution is 5.85. The molecule has 0 saturated heterocycles. The Bertz CT molecular complexity index is 465. The lowest BCUT2D eigenvalue weighted by Crippen LogP contribution is -2.44. The Morgan fingerprint density at radius 1 is 1.23 bits per heavy atom. The number of halogens is 1. The Hall–Kier alpha value is -1.07. The largest absolute Gasteiger partial charge is 0.351 e. The number of hydrogen-bond acceptors (Lipinski definition) is 3. The third-order valence-corrected chi connectivity index (χ3v) is 5.11. The molecule has 0 radical (unpaired) electrons. The molecule has 2 fully saturated rings. The van der Waals surface area contributed by atoms with Crippen molar-refractivity contribution in [2.75, 3.05) is 0 Å². The molecule has 2 unspecified atom stereocenters. The molecular formula is C16H27ClN4O. The van der Waals surface area contributed by atoms with Gasteiger partial charge in [0.15, 0.2) is 0 Å². The number of nitrogens with two attached hydrogens (primary N) is 1. The Morgan fingerprint density at radius 2 is 2.05 bits per heavy atom. The molecule has 3 N–H and O–H groups in total. The number of carbonyl (C=O) groups is 1. The van der Waals surface area contributed by atoms with Gasteiger partial charge in [0.2, 0.25) is 5.91 Å². The summed E-state index contributed by atoms with van der Waals surface area (Å²) in [5.41, 5.74) is 6.07. The zero-order valence-electron chi connectivity index (χ0n) is 13.0. The molecule has 5 nitrogen and oxygen atoms in total. The van der Waals surface area contributed by atoms with Gasteiger partial charge in [-0.05, 0) is 37.7 Å². The standard InChI is InChI=1S/C16H26N4O.ClH/c17-13-6-3-5-12(13)11-16(21)19-14-7-1-2-8-15(14)20-10-4-9-18-20;/h4,9-10,12-15H,1-3,5-8,11,17H2,(H,19,21);1H/t12-,13+,14?,15?;/m0./s1. The molecule has 2 saturated carbocycles. The number of carbonyl (C=O) groups excluding carboxylic acids is 1. The molecule has 6 heteroatoms. The summed E-state index contributed by atoms with van der Waals surface area (Å²) in [7, 11) is 0. The summed E-state index contributed by atoms with van der Waals surface area (Å²) in [5.74, 6) is 0.540. The van der Waals surface area contributed by atoms with Crippen molar-refractivity contribution in [1.82, 2.24) is 15.1 Å². The van der Waals surface area contributed by atoms with E-state index in [4.69, 9.17) is 5.73 Å². The highest BCUT2D eigenvalue weighted by Gasteiger charge is 2.30. The SMILES string of the molecule is Cl.N[C@@H]1CCC[C@H]1CC(=O)NC1CCCCC1n1cccn1. The maximum atomic E-state index is 12.3. The van der Waals surface area contributed by atoms with Crippen molar-refractivity contribution in [2.24, 2.45) is 11.7 Å². The predicted octanol–water partition coefficient (Wildman–Crippen LogP) is 2.42. The van der Waals surface area contributed by atoms with Crippen LogP contribution in [0, 0.1) is 5.92 Å². The van der Waals surface area contributed by atoms with Crippen LogP contribution in [0.15, 0.2) is 18.5 Å². The van der Waals surface area contributed by atoms with E-state index in [-0.39, 0.29) is 30.4 Å². The Morgan fingerprint density at radius 3 is 2.73 bits per heavy atom. The van der Waals surface area contributed by atoms with Crippen LogP contribution in [-0.4, -0.2) is 27.8 Å². The zero-order chi connectivity index (χ0) is 14.7. The van der Waals surface area contributed by atoms with E-state index in [1.807, 2.05) is 23.1 Å². The summed E-state index contributed by atoms with van der Waals surface area (Å²) in [6.07, 6.45) is 12.3. The van der Waals surface area contributed by atoms with Crippen LogP contribution in [0.3, 0.4) is 0 Å². The fraction of sp³-hybridized carbons (Fsp3) is 0.750. The molecule has 1 heterocycles. The van der Waals surface area contributed by atoms with Gasteiger partial charge in [-0.15, -0.1) is 12.4 Å². The molecule has 1 aromatic heterocycles. The molecule has 1 aromatic rings. The number of hydrogen-bond donors (Lipinski definition) is 2. The molecule has 1 amide bonds. The number of amides is 1. The third-order valence-electron chi connectivity index (χ3n) is 5.11. The molecule has 0 spiro atoms. The Labute approximate surface area is 138 Å². The monoisotopic (exact) mass is 326 g/mol. The van der Waals surface area contributed by atoms with Crippen molar-refractivity contribution in [2.45, 2.75) is 69.5 Å². The van der Waals surface area contributed by atoms with Gasteiger partial charge in [-0.1, -0.05) is 19.3 Å². The van der Waals surface area contributed by atoms with Crippen LogP contribution in [0.5, 0.6) is 0 Å². The van der Waals surface area contributed by atoms with Crippen LogP contribution in [0.25, 0.3) is 0 Å². The highest BCUT2D eigenvalue weighted by atomic mass is 35.5. The second kappa shape index (κ2) is 7.97. The highest BCUT2D eigenvalue weighted by Crippen LogP contribution is 2.30. The maximum absolute atomic E-state index is 12.3. The van der Waals surface area contributed by atoms with E-state index >= 15 is 0 Å². The van der Waals surface area contributed by atoms with E-state index in [2.05, 4.69) is 10.4 Å². The first kappa shape index (κ1) is 17.3. The lowest BCUT2D eigenvalue weighted by Gasteiger charge is -2.32. The van der Waals surface area contributed by atoms with Crippen LogP contribution < -0.4 is 11.1 Å². The van der Waals surface area contributed by atoms with Gasteiger partial charge in [-0.25, -0.2) is 0 Å². The Kier molecular flexibility index (Phi) is 6.26. The number of rotatable bonds is 4. The number of nitrogens with zero attached hydrogens (tertiary/aromatic N) is 2. The van der Waals surface area contributed by atoms with E-state index < -0.39 is 0 Å². The molecule has 4 atom stereocenters. The normalized spacial score (nSPS) is 31.5. The number of aromatic nitrogens is 2. The van der Waals surface area contributed by atoms with Crippen LogP contribution >= 0.6 is 12.4 Å². The van der Waals surface area contributed by atoms with E-state index in [1.54, 1.807) is 0 Å². The fourth-order valence-electron chi connectivity index (χ4n) is 3.90. The first-order chi connectivity index (χ1) is 10.2. The molecule has 0 bridgehead atoms. The summed E-state index contributed by atoms with van der Waals surface area (Å²) in [6.45, 7) is 0. The third kappa shape index (κ3) is 4.02. The van der Waals surface area contributed by atoms with Crippen molar-refractivity contribution < 1.29 is 4.79 Å². The van der Waals surface area contributed by atoms with Gasteiger partial charge in [-0.3, -0.25) is 9.48 Å². The molecule has 0 aliphatic heterocycles. The van der Waals surface area contributed by atoms with Crippen molar-refractivity contribution >= 4 is 18.3 Å². The van der Waals surface area contributed by atoms with Gasteiger partial charge < -0.3 is 11.1 Å². The van der Waals surface area contributed by atoms with Gasteiger partial charge >= 0.3 is 0 Å². The summed E-state index contributed by atoms with van der Waals surface area (Å²) < 4.78 is 2.01. The van der Waals surface area contributed by atoms with Crippen LogP contribution in [0.4, 0.5) is 0 Å². The summed E-state index contributed by atoms with van der Waals surface area (Å²) in [4.78, 5) is 12.3. The molecule has 2 aliphatic rings. The second-order valence-corrected chi connectivity index (χ2v) is 6.57. The minimum Gasteiger partial charge on any atom is -0.351 e. The van der Waals surface area contributed by atoms with Crippen LogP contribution in [0.2, 0.25) is 0 Å². The Balaban J connectivity index is 0.00000176. The zero-order valence-corrected chi connectivity index (χ0v) is 13.8. The number of nitrogens with one attached hydrogen (secondary N) is 1. The van der Waals surface area contributed by atoms with E-state index in [9.17, 15) is 4.79 Å². The second-order valence-electron chi connectivity index (χ2n) is 6.57. The average Bonchev–Trinajstić information content (AvgIpc) is 3.12. The molecule has 22 heavy (non-hydrogen) atoms. The topological polar surface area (TPSA) is 72.9 Å². The molecule has 2 aliphatic carbocycles. The minimum absolute atomic E-state index is 0. The van der Waals surface area contributed by atoms with E-state index in [0.29, 0.717) is 18.4 Å². The smallest absolute Gasteiger partial charge is 0.220 e.